The molecule has 0 aromatic rings. The lowest BCUT2D eigenvalue weighted by Crippen LogP contribution is -2.45. The molecule has 1 rings (SSSR count). The third-order valence-corrected chi connectivity index (χ3v) is 9.02. The molecular weight excluding hydrogens is 296 g/mol. The molecule has 0 radical (unpaired) electrons. The van der Waals surface area contributed by atoms with Gasteiger partial charge in [-0.15, -0.1) is 0 Å². The normalized spacial score (nSPS) is 16.9. The molecule has 0 atom stereocenters. The Kier molecular flexibility index (Phi) is 8.94. The summed E-state index contributed by atoms with van der Waals surface area (Å²) in [6.45, 7) is 6.63. The number of unbranched alkanes of at least 4 members (excludes halogenated alkanes) is 3. The zero-order valence-electron chi connectivity index (χ0n) is 14.5. The highest BCUT2D eigenvalue weighted by Gasteiger charge is 2.39. The molecule has 1 fully saturated rings. The summed E-state index contributed by atoms with van der Waals surface area (Å²) >= 11 is 0. The molecule has 0 aliphatic carbocycles. The van der Waals surface area contributed by atoms with Crippen LogP contribution in [0.15, 0.2) is 0 Å². The minimum atomic E-state index is -1.87. The molecule has 1 aliphatic rings. The van der Waals surface area contributed by atoms with Crippen molar-refractivity contribution >= 4 is 20.3 Å². The average Bonchev–Trinajstić information content (AvgIpc) is 2.47. The molecule has 0 aromatic heterocycles. The highest BCUT2D eigenvalue weighted by atomic mass is 28.4. The largest absolute Gasteiger partial charge is 0.413 e. The fourth-order valence-electron chi connectivity index (χ4n) is 3.14. The Morgan fingerprint density at radius 3 is 1.68 bits per heavy atom. The van der Waals surface area contributed by atoms with Gasteiger partial charge in [0.1, 0.15) is 0 Å². The number of esters is 2. The van der Waals surface area contributed by atoms with Crippen molar-refractivity contribution in [1.82, 2.24) is 0 Å². The van der Waals surface area contributed by atoms with Crippen molar-refractivity contribution in [3.8, 4) is 0 Å². The van der Waals surface area contributed by atoms with Crippen LogP contribution in [0.1, 0.15) is 72.1 Å². The minimum Gasteiger partial charge on any atom is -0.413 e. The second kappa shape index (κ2) is 10.2. The first-order chi connectivity index (χ1) is 10.5. The number of ether oxygens (including phenoxy) is 1. The van der Waals surface area contributed by atoms with Gasteiger partial charge in [0.2, 0.25) is 0 Å². The van der Waals surface area contributed by atoms with Crippen LogP contribution in [0.25, 0.3) is 0 Å². The van der Waals surface area contributed by atoms with E-state index >= 15 is 0 Å². The smallest absolute Gasteiger partial charge is 0.316 e. The van der Waals surface area contributed by atoms with E-state index < -0.39 is 20.3 Å². The molecule has 0 aromatic carbocycles. The van der Waals surface area contributed by atoms with Gasteiger partial charge < -0.3 is 9.16 Å². The Balaban J connectivity index is 2.79. The Morgan fingerprint density at radius 2 is 1.32 bits per heavy atom. The Hall–Kier alpha value is -0.683. The third kappa shape index (κ3) is 6.61. The van der Waals surface area contributed by atoms with E-state index in [1.165, 1.54) is 38.5 Å². The molecule has 0 unspecified atom stereocenters. The fourth-order valence-corrected chi connectivity index (χ4v) is 8.11. The summed E-state index contributed by atoms with van der Waals surface area (Å²) in [5.74, 6) is -0.851. The Morgan fingerprint density at radius 1 is 0.909 bits per heavy atom. The van der Waals surface area contributed by atoms with Crippen molar-refractivity contribution in [1.29, 1.82) is 0 Å². The molecule has 5 heteroatoms. The molecule has 1 heterocycles. The monoisotopic (exact) mass is 328 g/mol. The van der Waals surface area contributed by atoms with Crippen LogP contribution < -0.4 is 0 Å². The number of hydrogen-bond donors (Lipinski definition) is 0. The van der Waals surface area contributed by atoms with Crippen molar-refractivity contribution < 1.29 is 18.8 Å². The number of cyclic esters (lactones) is 2. The van der Waals surface area contributed by atoms with Crippen LogP contribution >= 0.6 is 0 Å². The molecule has 0 saturated carbocycles. The summed E-state index contributed by atoms with van der Waals surface area (Å²) in [5, 5.41) is 0. The van der Waals surface area contributed by atoms with Crippen molar-refractivity contribution in [2.24, 2.45) is 0 Å². The van der Waals surface area contributed by atoms with Gasteiger partial charge in [0.25, 0.3) is 0 Å². The lowest BCUT2D eigenvalue weighted by Gasteiger charge is -2.36. The Labute approximate surface area is 136 Å². The average molecular weight is 329 g/mol. The van der Waals surface area contributed by atoms with Crippen LogP contribution in [0.3, 0.4) is 0 Å². The van der Waals surface area contributed by atoms with E-state index in [4.69, 9.17) is 4.43 Å². The second-order valence-corrected chi connectivity index (χ2v) is 10.6. The number of carbonyl (C=O) groups excluding carboxylic acids is 2. The van der Waals surface area contributed by atoms with Crippen molar-refractivity contribution in [2.75, 3.05) is 0 Å². The van der Waals surface area contributed by atoms with Gasteiger partial charge in [0.05, 0.1) is 18.9 Å². The number of hydrogen-bond acceptors (Lipinski definition) is 4. The summed E-state index contributed by atoms with van der Waals surface area (Å²) in [6, 6.07) is 3.47. The van der Waals surface area contributed by atoms with Gasteiger partial charge in [-0.2, -0.15) is 0 Å². The van der Waals surface area contributed by atoms with Gasteiger partial charge in [-0.25, -0.2) is 0 Å². The van der Waals surface area contributed by atoms with Gasteiger partial charge in [0, 0.05) is 0 Å². The summed E-state index contributed by atoms with van der Waals surface area (Å²) in [5.41, 5.74) is 0. The maximum Gasteiger partial charge on any atom is 0.316 e. The minimum absolute atomic E-state index is 0.241. The second-order valence-electron chi connectivity index (χ2n) is 6.49. The molecule has 0 bridgehead atoms. The third-order valence-electron chi connectivity index (χ3n) is 4.39. The van der Waals surface area contributed by atoms with Crippen LogP contribution in [0, 0.1) is 0 Å². The summed E-state index contributed by atoms with van der Waals surface area (Å²) in [7, 11) is -1.87. The van der Waals surface area contributed by atoms with Crippen molar-refractivity contribution in [3.63, 3.8) is 0 Å². The van der Waals surface area contributed by atoms with Crippen LogP contribution in [0.5, 0.6) is 0 Å². The number of carbonyl (C=O) groups is 2. The van der Waals surface area contributed by atoms with E-state index in [1.807, 2.05) is 0 Å². The van der Waals surface area contributed by atoms with Crippen molar-refractivity contribution in [2.45, 2.75) is 96.4 Å². The highest BCUT2D eigenvalue weighted by molar-refractivity contribution is 6.73. The van der Waals surface area contributed by atoms with Crippen LogP contribution in [-0.2, 0) is 18.8 Å². The number of rotatable bonds is 11. The molecule has 0 N–H and O–H groups in total. The van der Waals surface area contributed by atoms with E-state index in [9.17, 15) is 9.59 Å². The molecule has 22 heavy (non-hydrogen) atoms. The van der Waals surface area contributed by atoms with E-state index in [1.54, 1.807) is 0 Å². The maximum atomic E-state index is 11.5. The standard InChI is InChI=1S/C17H32O4Si/c1-4-7-10-22(11-8-5-2,12-9-6-3)21-15-13-16(18)20-17(19)14-15/h15H,4-14H2,1-3H3. The molecular formula is C17H32O4Si. The van der Waals surface area contributed by atoms with Gasteiger partial charge in [0.15, 0.2) is 8.32 Å². The van der Waals surface area contributed by atoms with Crippen LogP contribution in [0.4, 0.5) is 0 Å². The first-order valence-corrected chi connectivity index (χ1v) is 11.5. The van der Waals surface area contributed by atoms with Gasteiger partial charge >= 0.3 is 11.9 Å². The summed E-state index contributed by atoms with van der Waals surface area (Å²) < 4.78 is 11.2. The first kappa shape index (κ1) is 19.4. The van der Waals surface area contributed by atoms with Crippen molar-refractivity contribution in [3.05, 3.63) is 0 Å². The molecule has 1 aliphatic heterocycles. The summed E-state index contributed by atoms with van der Waals surface area (Å²) in [4.78, 5) is 23.0. The fraction of sp³-hybridized carbons (Fsp3) is 0.882. The van der Waals surface area contributed by atoms with Gasteiger partial charge in [-0.05, 0) is 18.1 Å². The molecule has 0 amide bonds. The lowest BCUT2D eigenvalue weighted by atomic mass is 10.1. The Bertz CT molecular complexity index is 319. The molecule has 1 saturated heterocycles. The lowest BCUT2D eigenvalue weighted by molar-refractivity contribution is -0.167. The quantitative estimate of drug-likeness (QED) is 0.316. The first-order valence-electron chi connectivity index (χ1n) is 8.96. The van der Waals surface area contributed by atoms with E-state index in [0.29, 0.717) is 0 Å². The van der Waals surface area contributed by atoms with E-state index in [2.05, 4.69) is 25.5 Å². The van der Waals surface area contributed by atoms with Crippen LogP contribution in [0.2, 0.25) is 18.1 Å². The zero-order chi connectivity index (χ0) is 16.4. The molecule has 4 nitrogen and oxygen atoms in total. The SMILES string of the molecule is CCCC[Si](CCCC)(CCCC)OC1CC(=O)OC(=O)C1. The van der Waals surface area contributed by atoms with Gasteiger partial charge in [-0.3, -0.25) is 9.59 Å². The van der Waals surface area contributed by atoms with Crippen LogP contribution in [-0.4, -0.2) is 26.4 Å². The predicted octanol–water partition coefficient (Wildman–Crippen LogP) is 4.58. The highest BCUT2D eigenvalue weighted by Crippen LogP contribution is 2.32. The van der Waals surface area contributed by atoms with Gasteiger partial charge in [-0.1, -0.05) is 59.3 Å². The van der Waals surface area contributed by atoms with E-state index in [-0.39, 0.29) is 18.9 Å². The zero-order valence-corrected chi connectivity index (χ0v) is 15.5. The topological polar surface area (TPSA) is 52.6 Å². The maximum absolute atomic E-state index is 11.5. The predicted molar refractivity (Wildman–Crippen MR) is 90.1 cm³/mol. The summed E-state index contributed by atoms with van der Waals surface area (Å²) in [6.07, 6.45) is 7.30. The van der Waals surface area contributed by atoms with E-state index in [0.717, 1.165) is 18.1 Å². The molecule has 0 spiro atoms. The molecule has 128 valence electrons.